The molecule has 0 radical (unpaired) electrons. The first-order valence-electron chi connectivity index (χ1n) is 6.73. The van der Waals surface area contributed by atoms with Gasteiger partial charge >= 0.3 is 0 Å². The number of nitrogens with one attached hydrogen (secondary N) is 1. The molecule has 0 saturated heterocycles. The molecular weight excluding hydrogens is 238 g/mol. The molecule has 3 heteroatoms. The van der Waals surface area contributed by atoms with Crippen LogP contribution in [0.25, 0.3) is 0 Å². The van der Waals surface area contributed by atoms with Crippen LogP contribution >= 0.6 is 0 Å². The van der Waals surface area contributed by atoms with Gasteiger partial charge in [-0.25, -0.2) is 0 Å². The Hall–Kier alpha value is -1.74. The average Bonchev–Trinajstić information content (AvgIpc) is 2.94. The zero-order valence-electron chi connectivity index (χ0n) is 11.7. The highest BCUT2D eigenvalue weighted by Gasteiger charge is 2.12. The van der Waals surface area contributed by atoms with Crippen LogP contribution in [-0.4, -0.2) is 6.61 Å². The third-order valence-corrected chi connectivity index (χ3v) is 3.16. The molecule has 1 heterocycles. The molecule has 0 amide bonds. The Morgan fingerprint density at radius 2 is 1.84 bits per heavy atom. The second kappa shape index (κ2) is 6.43. The molecule has 3 nitrogen and oxygen atoms in total. The number of rotatable bonds is 6. The van der Waals surface area contributed by atoms with Gasteiger partial charge in [-0.15, -0.1) is 0 Å². The second-order valence-electron chi connectivity index (χ2n) is 4.63. The molecule has 0 aliphatic rings. The topological polar surface area (TPSA) is 34.4 Å². The van der Waals surface area contributed by atoms with Gasteiger partial charge in [0.25, 0.3) is 0 Å². The molecule has 0 bridgehead atoms. The summed E-state index contributed by atoms with van der Waals surface area (Å²) < 4.78 is 10.8. The highest BCUT2D eigenvalue weighted by atomic mass is 16.5. The molecule has 0 fully saturated rings. The first kappa shape index (κ1) is 13.7. The van der Waals surface area contributed by atoms with Crippen molar-refractivity contribution in [2.45, 2.75) is 32.9 Å². The highest BCUT2D eigenvalue weighted by molar-refractivity contribution is 5.29. The number of benzene rings is 1. The SMILES string of the molecule is CCOc1ccc(C(C)N[C@H](C)c2ccco2)cc1. The fourth-order valence-electron chi connectivity index (χ4n) is 2.11. The zero-order valence-corrected chi connectivity index (χ0v) is 11.7. The lowest BCUT2D eigenvalue weighted by atomic mass is 10.1. The fraction of sp³-hybridized carbons (Fsp3) is 0.375. The average molecular weight is 259 g/mol. The largest absolute Gasteiger partial charge is 0.494 e. The van der Waals surface area contributed by atoms with Gasteiger partial charge in [0.05, 0.1) is 18.9 Å². The van der Waals surface area contributed by atoms with Crippen LogP contribution in [0.1, 0.15) is 44.2 Å². The number of ether oxygens (including phenoxy) is 1. The third kappa shape index (κ3) is 3.61. The minimum absolute atomic E-state index is 0.191. The summed E-state index contributed by atoms with van der Waals surface area (Å²) >= 11 is 0. The summed E-state index contributed by atoms with van der Waals surface area (Å²) in [4.78, 5) is 0. The fourth-order valence-corrected chi connectivity index (χ4v) is 2.11. The maximum Gasteiger partial charge on any atom is 0.120 e. The molecule has 1 N–H and O–H groups in total. The van der Waals surface area contributed by atoms with Gasteiger partial charge in [-0.3, -0.25) is 0 Å². The Bertz CT molecular complexity index is 476. The second-order valence-corrected chi connectivity index (χ2v) is 4.63. The first-order valence-corrected chi connectivity index (χ1v) is 6.73. The van der Waals surface area contributed by atoms with Gasteiger partial charge in [0.15, 0.2) is 0 Å². The minimum atomic E-state index is 0.191. The van der Waals surface area contributed by atoms with Crippen molar-refractivity contribution < 1.29 is 9.15 Å². The summed E-state index contributed by atoms with van der Waals surface area (Å²) in [5, 5.41) is 3.52. The maximum absolute atomic E-state index is 5.45. The van der Waals surface area contributed by atoms with E-state index in [4.69, 9.17) is 9.15 Å². The van der Waals surface area contributed by atoms with Crippen molar-refractivity contribution in [3.05, 3.63) is 54.0 Å². The molecule has 0 saturated carbocycles. The Morgan fingerprint density at radius 3 is 2.42 bits per heavy atom. The summed E-state index contributed by atoms with van der Waals surface area (Å²) in [5.41, 5.74) is 1.24. The summed E-state index contributed by atoms with van der Waals surface area (Å²) in [6, 6.07) is 12.6. The monoisotopic (exact) mass is 259 g/mol. The quantitative estimate of drug-likeness (QED) is 0.848. The maximum atomic E-state index is 5.45. The molecule has 0 aliphatic heterocycles. The van der Waals surface area contributed by atoms with E-state index in [0.717, 1.165) is 11.5 Å². The van der Waals surface area contributed by atoms with Crippen molar-refractivity contribution in [3.8, 4) is 5.75 Å². The normalized spacial score (nSPS) is 14.1. The van der Waals surface area contributed by atoms with Crippen LogP contribution in [0, 0.1) is 0 Å². The summed E-state index contributed by atoms with van der Waals surface area (Å²) in [5.74, 6) is 1.87. The third-order valence-electron chi connectivity index (χ3n) is 3.16. The molecule has 2 rings (SSSR count). The summed E-state index contributed by atoms with van der Waals surface area (Å²) in [6.45, 7) is 6.94. The van der Waals surface area contributed by atoms with E-state index in [2.05, 4.69) is 31.3 Å². The smallest absolute Gasteiger partial charge is 0.120 e. The van der Waals surface area contributed by atoms with Gasteiger partial charge in [-0.2, -0.15) is 0 Å². The molecule has 1 aromatic heterocycles. The Labute approximate surface area is 114 Å². The van der Waals surface area contributed by atoms with Crippen molar-refractivity contribution in [3.63, 3.8) is 0 Å². The van der Waals surface area contributed by atoms with Crippen LogP contribution in [0.4, 0.5) is 0 Å². The number of hydrogen-bond acceptors (Lipinski definition) is 3. The van der Waals surface area contributed by atoms with E-state index in [1.807, 2.05) is 31.2 Å². The standard InChI is InChI=1S/C16H21NO2/c1-4-18-15-9-7-14(8-10-15)12(2)17-13(3)16-6-5-11-19-16/h5-13,17H,4H2,1-3H3/t12?,13-/m1/s1. The summed E-state index contributed by atoms with van der Waals surface area (Å²) in [6.07, 6.45) is 1.70. The Balaban J connectivity index is 1.97. The lowest BCUT2D eigenvalue weighted by Gasteiger charge is -2.19. The van der Waals surface area contributed by atoms with Crippen LogP contribution in [0.15, 0.2) is 47.1 Å². The predicted molar refractivity (Wildman–Crippen MR) is 76.3 cm³/mol. The molecule has 2 atom stereocenters. The molecule has 2 aromatic rings. The van der Waals surface area contributed by atoms with E-state index in [1.165, 1.54) is 5.56 Å². The van der Waals surface area contributed by atoms with Crippen molar-refractivity contribution in [1.82, 2.24) is 5.32 Å². The lowest BCUT2D eigenvalue weighted by Crippen LogP contribution is -2.22. The Morgan fingerprint density at radius 1 is 1.11 bits per heavy atom. The van der Waals surface area contributed by atoms with E-state index >= 15 is 0 Å². The molecule has 102 valence electrons. The molecule has 0 aliphatic carbocycles. The van der Waals surface area contributed by atoms with Crippen molar-refractivity contribution in [2.24, 2.45) is 0 Å². The van der Waals surface area contributed by atoms with Gasteiger partial charge in [-0.1, -0.05) is 12.1 Å². The lowest BCUT2D eigenvalue weighted by molar-refractivity contribution is 0.340. The number of furan rings is 1. The molecule has 19 heavy (non-hydrogen) atoms. The van der Waals surface area contributed by atoms with Crippen LogP contribution < -0.4 is 10.1 Å². The van der Waals surface area contributed by atoms with Crippen LogP contribution in [0.2, 0.25) is 0 Å². The summed E-state index contributed by atoms with van der Waals surface area (Å²) in [7, 11) is 0. The first-order chi connectivity index (χ1) is 9.20. The van der Waals surface area contributed by atoms with E-state index < -0.39 is 0 Å². The molecule has 0 spiro atoms. The molecule has 1 aromatic carbocycles. The van der Waals surface area contributed by atoms with Crippen LogP contribution in [0.3, 0.4) is 0 Å². The van der Waals surface area contributed by atoms with E-state index in [1.54, 1.807) is 6.26 Å². The minimum Gasteiger partial charge on any atom is -0.494 e. The van der Waals surface area contributed by atoms with Gasteiger partial charge in [0.1, 0.15) is 11.5 Å². The van der Waals surface area contributed by atoms with Gasteiger partial charge < -0.3 is 14.5 Å². The van der Waals surface area contributed by atoms with Gasteiger partial charge in [0, 0.05) is 6.04 Å². The predicted octanol–water partition coefficient (Wildman–Crippen LogP) is 4.09. The highest BCUT2D eigenvalue weighted by Crippen LogP contribution is 2.21. The van der Waals surface area contributed by atoms with Crippen LogP contribution in [0.5, 0.6) is 5.75 Å². The molecule has 1 unspecified atom stereocenters. The number of hydrogen-bond donors (Lipinski definition) is 1. The van der Waals surface area contributed by atoms with Gasteiger partial charge in [-0.05, 0) is 50.6 Å². The van der Waals surface area contributed by atoms with Crippen molar-refractivity contribution in [2.75, 3.05) is 6.61 Å². The zero-order chi connectivity index (χ0) is 13.7. The van der Waals surface area contributed by atoms with E-state index in [9.17, 15) is 0 Å². The van der Waals surface area contributed by atoms with E-state index in [0.29, 0.717) is 6.61 Å². The Kier molecular flexibility index (Phi) is 4.63. The molecular formula is C16H21NO2. The van der Waals surface area contributed by atoms with E-state index in [-0.39, 0.29) is 12.1 Å². The van der Waals surface area contributed by atoms with Gasteiger partial charge in [0.2, 0.25) is 0 Å². The van der Waals surface area contributed by atoms with Crippen molar-refractivity contribution in [1.29, 1.82) is 0 Å². The van der Waals surface area contributed by atoms with Crippen LogP contribution in [-0.2, 0) is 0 Å². The van der Waals surface area contributed by atoms with Crippen molar-refractivity contribution >= 4 is 0 Å².